The molecule has 4 rings (SSSR count). The number of halogens is 1. The van der Waals surface area contributed by atoms with Crippen molar-refractivity contribution < 1.29 is 0 Å². The van der Waals surface area contributed by atoms with E-state index in [1.165, 1.54) is 15.7 Å². The molecule has 1 heterocycles. The second kappa shape index (κ2) is 6.56. The number of hydrogen-bond acceptors (Lipinski definition) is 2. The third kappa shape index (κ3) is 2.93. The second-order valence-electron chi connectivity index (χ2n) is 5.54. The first-order valence-corrected chi connectivity index (χ1v) is 10.2. The normalized spacial score (nSPS) is 12.9. The number of benzene rings is 3. The van der Waals surface area contributed by atoms with Gasteiger partial charge in [-0.05, 0) is 0 Å². The molecule has 0 saturated carbocycles. The van der Waals surface area contributed by atoms with Crippen LogP contribution in [0, 0.1) is 0 Å². The summed E-state index contributed by atoms with van der Waals surface area (Å²) in [5, 5.41) is 0. The topological polar surface area (TPSA) is 15.6 Å². The van der Waals surface area contributed by atoms with E-state index in [2.05, 4.69) is 101 Å². The van der Waals surface area contributed by atoms with Crippen molar-refractivity contribution in [3.63, 3.8) is 0 Å². The van der Waals surface area contributed by atoms with E-state index >= 15 is 0 Å². The van der Waals surface area contributed by atoms with E-state index < -0.39 is 0 Å². The Bertz CT molecular complexity index is 922. The van der Waals surface area contributed by atoms with Gasteiger partial charge < -0.3 is 0 Å². The molecule has 0 spiro atoms. The Labute approximate surface area is 156 Å². The molecule has 0 N–H and O–H groups in total. The molecule has 2 nitrogen and oxygen atoms in total. The van der Waals surface area contributed by atoms with Crippen LogP contribution in [0.2, 0.25) is 0 Å². The van der Waals surface area contributed by atoms with Crippen LogP contribution in [0.3, 0.4) is 0 Å². The van der Waals surface area contributed by atoms with Crippen LogP contribution >= 0.6 is 15.9 Å². The Kier molecular flexibility index (Phi) is 4.28. The fraction of sp³-hybridized carbons (Fsp3) is 0.0500. The summed E-state index contributed by atoms with van der Waals surface area (Å²) < 4.78 is 3.54. The zero-order valence-electron chi connectivity index (χ0n) is 13.1. The zero-order valence-corrected chi connectivity index (χ0v) is 16.4. The zero-order chi connectivity index (χ0) is 16.5. The first-order chi connectivity index (χ1) is 11.7. The fourth-order valence-electron chi connectivity index (χ4n) is 2.79. The Morgan fingerprint density at radius 3 is 2.46 bits per heavy atom. The number of hydrogen-bond donors (Lipinski definition) is 0. The molecule has 3 aromatic carbocycles. The molecule has 24 heavy (non-hydrogen) atoms. The molecule has 0 aliphatic carbocycles. The van der Waals surface area contributed by atoms with Crippen molar-refractivity contribution in [3.05, 3.63) is 82.8 Å². The third-order valence-electron chi connectivity index (χ3n) is 3.97. The van der Waals surface area contributed by atoms with Gasteiger partial charge in [0.1, 0.15) is 0 Å². The number of anilines is 2. The van der Waals surface area contributed by atoms with Crippen LogP contribution in [-0.2, 0) is 0 Å². The summed E-state index contributed by atoms with van der Waals surface area (Å²) in [6.45, 7) is 0. The van der Waals surface area contributed by atoms with E-state index in [1.807, 2.05) is 0 Å². The minimum atomic E-state index is 0.155. The van der Waals surface area contributed by atoms with Gasteiger partial charge in [0.2, 0.25) is 0 Å². The molecule has 118 valence electrons. The maximum atomic E-state index is 5.06. The van der Waals surface area contributed by atoms with Crippen LogP contribution < -0.4 is 9.36 Å². The predicted octanol–water partition coefficient (Wildman–Crippen LogP) is 4.64. The standard InChI is InChI=1S/C20H15BrN2Se/c1-23-18-10-6-5-9-16(18)20(24-15-7-3-2-4-8-15)22-17-13-14(21)11-12-19(17)23/h2-13H,1H3. The molecule has 1 aliphatic rings. The van der Waals surface area contributed by atoms with E-state index in [9.17, 15) is 0 Å². The van der Waals surface area contributed by atoms with Crippen LogP contribution in [0.4, 0.5) is 17.1 Å². The molecule has 0 atom stereocenters. The Morgan fingerprint density at radius 1 is 0.875 bits per heavy atom. The number of fused-ring (bicyclic) bond motifs is 2. The monoisotopic (exact) mass is 442 g/mol. The Hall–Kier alpha value is -1.87. The summed E-state index contributed by atoms with van der Waals surface area (Å²) >= 11 is 3.73. The van der Waals surface area contributed by atoms with Gasteiger partial charge in [0.05, 0.1) is 0 Å². The Morgan fingerprint density at radius 2 is 1.62 bits per heavy atom. The molecule has 0 fully saturated rings. The first-order valence-electron chi connectivity index (χ1n) is 7.66. The van der Waals surface area contributed by atoms with Gasteiger partial charge in [-0.1, -0.05) is 0 Å². The molecule has 0 unspecified atom stereocenters. The van der Waals surface area contributed by atoms with Gasteiger partial charge in [0.25, 0.3) is 0 Å². The van der Waals surface area contributed by atoms with Crippen LogP contribution in [0.1, 0.15) is 5.56 Å². The molecule has 4 heteroatoms. The molecule has 0 saturated heterocycles. The van der Waals surface area contributed by atoms with Crippen molar-refractivity contribution in [1.82, 2.24) is 0 Å². The van der Waals surface area contributed by atoms with Crippen molar-refractivity contribution >= 4 is 57.0 Å². The van der Waals surface area contributed by atoms with Gasteiger partial charge in [0, 0.05) is 0 Å². The molecule has 0 amide bonds. The summed E-state index contributed by atoms with van der Waals surface area (Å²) in [5.41, 5.74) is 4.56. The van der Waals surface area contributed by atoms with Gasteiger partial charge in [-0.25, -0.2) is 0 Å². The first kappa shape index (κ1) is 15.6. The van der Waals surface area contributed by atoms with E-state index in [-0.39, 0.29) is 15.0 Å². The average Bonchev–Trinajstić information content (AvgIpc) is 2.72. The SMILES string of the molecule is CN1c2ccc(Br)cc2N=C([Se]c2ccccc2)c2ccccc21. The number of nitrogens with zero attached hydrogens (tertiary/aromatic N) is 2. The van der Waals surface area contributed by atoms with Crippen LogP contribution in [0.25, 0.3) is 0 Å². The predicted molar refractivity (Wildman–Crippen MR) is 107 cm³/mol. The molecular formula is C20H15BrN2Se. The summed E-state index contributed by atoms with van der Waals surface area (Å²) in [7, 11) is 2.11. The van der Waals surface area contributed by atoms with E-state index in [0.29, 0.717) is 0 Å². The quantitative estimate of drug-likeness (QED) is 0.529. The second-order valence-corrected chi connectivity index (χ2v) is 8.69. The van der Waals surface area contributed by atoms with E-state index in [4.69, 9.17) is 4.99 Å². The third-order valence-corrected chi connectivity index (χ3v) is 6.59. The van der Waals surface area contributed by atoms with Gasteiger partial charge in [-0.2, -0.15) is 0 Å². The summed E-state index contributed by atoms with van der Waals surface area (Å²) in [4.78, 5) is 7.29. The minimum absolute atomic E-state index is 0.155. The summed E-state index contributed by atoms with van der Waals surface area (Å²) in [6.07, 6.45) is 0. The molecular weight excluding hydrogens is 427 g/mol. The van der Waals surface area contributed by atoms with Crippen molar-refractivity contribution in [2.45, 2.75) is 0 Å². The van der Waals surface area contributed by atoms with Crippen LogP contribution in [-0.4, -0.2) is 26.6 Å². The van der Waals surface area contributed by atoms with Crippen molar-refractivity contribution in [3.8, 4) is 0 Å². The van der Waals surface area contributed by atoms with Crippen LogP contribution in [0.5, 0.6) is 0 Å². The number of rotatable bonds is 2. The Balaban J connectivity index is 1.90. The number of para-hydroxylation sites is 1. The van der Waals surface area contributed by atoms with Crippen LogP contribution in [0.15, 0.2) is 82.3 Å². The molecule has 0 aromatic heterocycles. The van der Waals surface area contributed by atoms with Gasteiger partial charge >= 0.3 is 157 Å². The van der Waals surface area contributed by atoms with Gasteiger partial charge in [-0.3, -0.25) is 0 Å². The number of aliphatic imine (C=N–C) groups is 1. The van der Waals surface area contributed by atoms with Crippen molar-refractivity contribution in [1.29, 1.82) is 0 Å². The van der Waals surface area contributed by atoms with Gasteiger partial charge in [0.15, 0.2) is 0 Å². The summed E-state index contributed by atoms with van der Waals surface area (Å²) in [6, 6.07) is 25.4. The molecule has 1 aliphatic heterocycles. The molecule has 0 radical (unpaired) electrons. The average molecular weight is 442 g/mol. The van der Waals surface area contributed by atoms with Crippen molar-refractivity contribution in [2.24, 2.45) is 4.99 Å². The van der Waals surface area contributed by atoms with E-state index in [1.54, 1.807) is 0 Å². The molecule has 0 bridgehead atoms. The fourth-order valence-corrected chi connectivity index (χ4v) is 5.12. The van der Waals surface area contributed by atoms with Crippen molar-refractivity contribution in [2.75, 3.05) is 11.9 Å². The van der Waals surface area contributed by atoms with E-state index in [0.717, 1.165) is 20.5 Å². The van der Waals surface area contributed by atoms with Gasteiger partial charge in [-0.15, -0.1) is 0 Å². The summed E-state index contributed by atoms with van der Waals surface area (Å²) in [5.74, 6) is 0. The molecule has 3 aromatic rings. The maximum absolute atomic E-state index is 5.06.